The maximum Gasteiger partial charge on any atom is 0.267 e. The van der Waals surface area contributed by atoms with Crippen LogP contribution in [0.5, 0.6) is 17.2 Å². The van der Waals surface area contributed by atoms with E-state index in [-0.39, 0.29) is 84.2 Å². The third-order valence-corrected chi connectivity index (χ3v) is 23.9. The summed E-state index contributed by atoms with van der Waals surface area (Å²) in [5.41, 5.74) is 9.58. The van der Waals surface area contributed by atoms with Crippen molar-refractivity contribution in [3.63, 3.8) is 0 Å². The molecule has 120 heavy (non-hydrogen) atoms. The topological polar surface area (TPSA) is 316 Å². The number of hydrogen-bond donors (Lipinski definition) is 5. The second kappa shape index (κ2) is 30.9. The highest BCUT2D eigenvalue weighted by Crippen LogP contribution is 2.49. The van der Waals surface area contributed by atoms with Gasteiger partial charge in [-0.1, -0.05) is 83.3 Å². The van der Waals surface area contributed by atoms with Crippen molar-refractivity contribution < 1.29 is 69.1 Å². The van der Waals surface area contributed by atoms with Crippen molar-refractivity contribution in [2.45, 2.75) is 104 Å². The fourth-order valence-corrected chi connectivity index (χ4v) is 16.5. The number of anilines is 3. The number of nitrogens with zero attached hydrogens (tertiary/aromatic N) is 16. The second-order valence-electron chi connectivity index (χ2n) is 30.8. The van der Waals surface area contributed by atoms with Crippen LogP contribution in [0.25, 0.3) is 83.8 Å². The van der Waals surface area contributed by atoms with Crippen LogP contribution in [0.1, 0.15) is 92.8 Å². The third kappa shape index (κ3) is 13.8. The summed E-state index contributed by atoms with van der Waals surface area (Å²) < 4.78 is 127. The van der Waals surface area contributed by atoms with Gasteiger partial charge in [0.25, 0.3) is 35.5 Å². The van der Waals surface area contributed by atoms with Crippen molar-refractivity contribution in [3.8, 4) is 51.0 Å². The lowest BCUT2D eigenvalue weighted by atomic mass is 9.88. The number of alkyl halides is 7. The van der Waals surface area contributed by atoms with Crippen molar-refractivity contribution in [1.82, 2.24) is 88.8 Å². The van der Waals surface area contributed by atoms with Crippen molar-refractivity contribution in [3.05, 3.63) is 181 Å². The molecule has 3 amide bonds. The van der Waals surface area contributed by atoms with E-state index in [0.717, 1.165) is 72.4 Å². The van der Waals surface area contributed by atoms with Crippen molar-refractivity contribution in [2.24, 2.45) is 0 Å². The van der Waals surface area contributed by atoms with Crippen molar-refractivity contribution >= 4 is 108 Å². The maximum absolute atomic E-state index is 14.0. The Labute approximate surface area is 691 Å². The van der Waals surface area contributed by atoms with Gasteiger partial charge in [0.05, 0.1) is 112 Å². The lowest BCUT2D eigenvalue weighted by molar-refractivity contribution is -0.102. The third-order valence-electron chi connectivity index (χ3n) is 23.2. The van der Waals surface area contributed by atoms with E-state index in [9.17, 15) is 40.7 Å². The molecule has 3 unspecified atom stereocenters. The molecule has 14 aromatic rings. The lowest BCUT2D eigenvalue weighted by Crippen LogP contribution is -2.55. The number of ether oxygens (including phenoxy) is 6. The minimum atomic E-state index is -2.92. The Morgan fingerprint density at radius 1 is 0.475 bits per heavy atom. The number of benzene rings is 2. The number of H-pyrrole nitrogens is 1. The molecule has 0 bridgehead atoms. The minimum absolute atomic E-state index is 0.123. The fourth-order valence-electron chi connectivity index (χ4n) is 16.0. The number of halogens is 7. The first kappa shape index (κ1) is 76.4. The van der Waals surface area contributed by atoms with E-state index in [1.165, 1.54) is 23.1 Å². The van der Waals surface area contributed by atoms with E-state index < -0.39 is 53.6 Å². The second-order valence-corrected chi connectivity index (χ2v) is 32.5. The number of pyridine rings is 3. The van der Waals surface area contributed by atoms with E-state index in [1.807, 2.05) is 97.3 Å². The molecule has 0 spiro atoms. The van der Waals surface area contributed by atoms with Gasteiger partial charge >= 0.3 is 0 Å². The lowest BCUT2D eigenvalue weighted by Gasteiger charge is -2.36. The van der Waals surface area contributed by atoms with Crippen LogP contribution in [0, 0.1) is 0 Å². The summed E-state index contributed by atoms with van der Waals surface area (Å²) in [4.78, 5) is 75.1. The number of amides is 3. The molecule has 9 aliphatic rings. The van der Waals surface area contributed by atoms with E-state index in [1.54, 1.807) is 33.8 Å². The predicted octanol–water partition coefficient (Wildman–Crippen LogP) is 11.9. The molecular weight excluding hydrogens is 1680 g/mol. The van der Waals surface area contributed by atoms with Gasteiger partial charge in [0.15, 0.2) is 51.6 Å². The summed E-state index contributed by atoms with van der Waals surface area (Å²) in [5.74, 6) is -7.18. The molecule has 30 nitrogen and oxygen atoms in total. The highest BCUT2D eigenvalue weighted by Gasteiger charge is 2.52. The number of nitrogens with one attached hydrogen (secondary N) is 5. The minimum Gasteiger partial charge on any atom is -0.486 e. The maximum atomic E-state index is 14.0. The molecule has 6 aliphatic heterocycles. The van der Waals surface area contributed by atoms with Crippen molar-refractivity contribution in [1.29, 1.82) is 0 Å². The van der Waals surface area contributed by atoms with E-state index in [4.69, 9.17) is 43.4 Å². The molecule has 3 saturated heterocycles. The summed E-state index contributed by atoms with van der Waals surface area (Å²) in [6.45, 7) is 8.50. The zero-order valence-electron chi connectivity index (χ0n) is 64.0. The predicted molar refractivity (Wildman–Crippen MR) is 436 cm³/mol. The first-order valence-corrected chi connectivity index (χ1v) is 40.9. The van der Waals surface area contributed by atoms with Gasteiger partial charge < -0.3 is 73.6 Å². The van der Waals surface area contributed by atoms with Crippen LogP contribution in [0.15, 0.2) is 153 Å². The average molecular weight is 1750 g/mol. The van der Waals surface area contributed by atoms with Gasteiger partial charge in [0, 0.05) is 102 Å². The molecule has 0 radical (unpaired) electrons. The molecule has 2 aromatic carbocycles. The summed E-state index contributed by atoms with van der Waals surface area (Å²) in [6, 6.07) is 28.2. The molecule has 3 aliphatic carbocycles. The largest absolute Gasteiger partial charge is 0.486 e. The van der Waals surface area contributed by atoms with E-state index in [0.29, 0.717) is 136 Å². The van der Waals surface area contributed by atoms with Crippen LogP contribution in [-0.2, 0) is 27.3 Å². The van der Waals surface area contributed by atoms with Crippen LogP contribution in [0.2, 0.25) is 0 Å². The highest BCUT2D eigenvalue weighted by atomic mass is 127. The van der Waals surface area contributed by atoms with Crippen LogP contribution in [-0.4, -0.2) is 209 Å². The van der Waals surface area contributed by atoms with Crippen LogP contribution in [0.3, 0.4) is 0 Å². The van der Waals surface area contributed by atoms with Gasteiger partial charge in [0.2, 0.25) is 0 Å². The molecule has 616 valence electrons. The Morgan fingerprint density at radius 3 is 1.30 bits per heavy atom. The number of aromatic amines is 1. The summed E-state index contributed by atoms with van der Waals surface area (Å²) >= 11 is 2.37. The first-order valence-electron chi connectivity index (χ1n) is 39.6. The normalized spacial score (nSPS) is 19.8. The van der Waals surface area contributed by atoms with Crippen LogP contribution >= 0.6 is 22.6 Å². The molecule has 3 atom stereocenters. The molecule has 23 rings (SSSR count). The number of fused-ring (bicyclic) bond motifs is 12. The van der Waals surface area contributed by atoms with E-state index >= 15 is 0 Å². The quantitative estimate of drug-likeness (QED) is 0.0362. The molecule has 18 heterocycles. The van der Waals surface area contributed by atoms with Gasteiger partial charge in [-0.2, -0.15) is 28.8 Å². The number of aromatic nitrogens is 15. The van der Waals surface area contributed by atoms with Gasteiger partial charge in [-0.15, -0.1) is 0 Å². The molecule has 6 fully saturated rings. The Bertz CT molecular complexity index is 6310. The van der Waals surface area contributed by atoms with Crippen LogP contribution in [0.4, 0.5) is 43.8 Å². The fraction of sp³-hybridized carbons (Fsp3) is 0.349. The molecule has 12 aromatic heterocycles. The summed E-state index contributed by atoms with van der Waals surface area (Å²) in [5, 5.41) is 26.6. The standard InChI is InChI=1S/C30H27F2N7O3.C27H23F2N7O2.C23H21F2N7O3.C3H5IO/c31-30(32)9-8-23(30)35-28(40)21-13-34-39-27(21)36-24(22-15-38(19-16-41-17-19)26-20(22)7-4-10-33-26)25-29(39)37(11-12-42-25)14-18-5-2-1-3-6-18;28-27(29)9-8-20(27)33-25(37)19-14-32-36-24(19)34-21(18-13-31-23-17(18)7-4-10-30-23)22-26(36)35(11-12-38-22)15-16-5-2-1-3-6-16;24-23(25)4-3-16(23)29-22(33)14-8-28-32-20(14)30-17(18-21(32)27-6-7-35-18)15-9-31(12-10-34-11-12)19-13(15)2-1-5-26-19;4-3-1-5-2-3/h1-7,10,13,15,19,23H,8-9,11-12,14,16-17H2,(H,35,40);1-7,10,13-14,20H,8-9,11-12,15H2,(H,30,31)(H,33,37);1-2,5,8-9,12,16,27H,3-4,6-7,10-11H2,(H,29,33);3H,1-2H2. The molecule has 3 saturated carbocycles. The first-order chi connectivity index (χ1) is 58.4. The number of hydrogen-bond acceptors (Lipinski definition) is 21. The Morgan fingerprint density at radius 2 is 0.883 bits per heavy atom. The van der Waals surface area contributed by atoms with Gasteiger partial charge in [-0.05, 0) is 66.8 Å². The Balaban J connectivity index is 0.000000112. The Kier molecular flexibility index (Phi) is 19.7. The summed E-state index contributed by atoms with van der Waals surface area (Å²) in [6.07, 6.45) is 15.1. The van der Waals surface area contributed by atoms with Gasteiger partial charge in [-0.25, -0.2) is 56.2 Å². The molecule has 37 heteroatoms. The average Bonchev–Trinajstić information content (AvgIpc) is 1.52. The zero-order chi connectivity index (χ0) is 81.7. The van der Waals surface area contributed by atoms with E-state index in [2.05, 4.69) is 110 Å². The molecular formula is C83H76F6IN21O9. The van der Waals surface area contributed by atoms with Gasteiger partial charge in [-0.3, -0.25) is 14.4 Å². The van der Waals surface area contributed by atoms with Crippen LogP contribution < -0.4 is 45.3 Å². The van der Waals surface area contributed by atoms with Gasteiger partial charge in [0.1, 0.15) is 70.5 Å². The highest BCUT2D eigenvalue weighted by molar-refractivity contribution is 14.1. The smallest absolute Gasteiger partial charge is 0.267 e. The SMILES string of the molecule is IC1COC1.O=C(NC1CCC1(F)F)c1cnn2c3c(c(-c4c[nH]c5ncccc45)nc12)OCCN3Cc1ccccc1.O=C(NC1CCC1(F)F)c1cnn2c3c(c(-c4cn(C5COC5)c5ncccc45)nc12)OCCN3.O=C(NC1CCC1(F)F)c1cnn2c3c(c(-c4cn(C5COC5)c5ncccc45)nc12)OCCN3Cc1ccccc1. The Hall–Kier alpha value is -12.2. The zero-order valence-corrected chi connectivity index (χ0v) is 66.2. The number of carbonyl (C=O) groups is 3. The summed E-state index contributed by atoms with van der Waals surface area (Å²) in [7, 11) is 0. The monoisotopic (exact) mass is 1750 g/mol. The number of carbonyl (C=O) groups excluding carboxylic acids is 3. The molecule has 5 N–H and O–H groups in total. The number of rotatable bonds is 15. The van der Waals surface area contributed by atoms with Crippen molar-refractivity contribution in [2.75, 3.05) is 94.2 Å².